The minimum atomic E-state index is 0.521. The van der Waals surface area contributed by atoms with Gasteiger partial charge in [0, 0.05) is 0 Å². The van der Waals surface area contributed by atoms with Crippen molar-refractivity contribution in [3.63, 3.8) is 0 Å². The molecular formula is C15H19N5. The van der Waals surface area contributed by atoms with Crippen LogP contribution in [0.5, 0.6) is 0 Å². The van der Waals surface area contributed by atoms with E-state index in [1.165, 1.54) is 0 Å². The molecule has 1 aromatic carbocycles. The molecule has 0 aliphatic rings. The van der Waals surface area contributed by atoms with Crippen molar-refractivity contribution in [1.29, 1.82) is 0 Å². The van der Waals surface area contributed by atoms with Crippen molar-refractivity contribution < 1.29 is 0 Å². The molecule has 2 heterocycles. The third-order valence-corrected chi connectivity index (χ3v) is 3.43. The third kappa shape index (κ3) is 1.95. The lowest BCUT2D eigenvalue weighted by Gasteiger charge is -2.05. The van der Waals surface area contributed by atoms with Crippen LogP contribution in [-0.2, 0) is 6.42 Å². The number of rotatable bonds is 3. The lowest BCUT2D eigenvalue weighted by molar-refractivity contribution is 0.630. The number of nitrogens with one attached hydrogen (secondary N) is 1. The average Bonchev–Trinajstić information content (AvgIpc) is 2.92. The Morgan fingerprint density at radius 1 is 1.30 bits per heavy atom. The highest BCUT2D eigenvalue weighted by Crippen LogP contribution is 2.27. The minimum absolute atomic E-state index is 0.521. The van der Waals surface area contributed by atoms with E-state index in [1.54, 1.807) is 0 Å². The van der Waals surface area contributed by atoms with Gasteiger partial charge in [-0.15, -0.1) is 0 Å². The molecule has 5 heteroatoms. The van der Waals surface area contributed by atoms with Gasteiger partial charge in [0.2, 0.25) is 0 Å². The number of aryl methyl sites for hydroxylation is 1. The van der Waals surface area contributed by atoms with Gasteiger partial charge in [-0.1, -0.05) is 32.0 Å². The number of H-pyrrole nitrogens is 1. The second-order valence-corrected chi connectivity index (χ2v) is 5.58. The fourth-order valence-corrected chi connectivity index (χ4v) is 2.50. The largest absolute Gasteiger partial charge is 0.383 e. The quantitative estimate of drug-likeness (QED) is 0.768. The Morgan fingerprint density at radius 3 is 2.75 bits per heavy atom. The SMILES string of the molecule is Cc1ccccc1-n1nc(CC(C)C)c2c(N)[nH]nc21. The molecule has 5 nitrogen and oxygen atoms in total. The van der Waals surface area contributed by atoms with Crippen LogP contribution in [0.3, 0.4) is 0 Å². The van der Waals surface area contributed by atoms with Gasteiger partial charge in [-0.25, -0.2) is 4.68 Å². The summed E-state index contributed by atoms with van der Waals surface area (Å²) in [6.07, 6.45) is 0.888. The second-order valence-electron chi connectivity index (χ2n) is 5.58. The number of fused-ring (bicyclic) bond motifs is 1. The van der Waals surface area contributed by atoms with Crippen LogP contribution in [0.4, 0.5) is 5.82 Å². The van der Waals surface area contributed by atoms with Crippen molar-refractivity contribution in [2.75, 3.05) is 5.73 Å². The molecule has 0 unspecified atom stereocenters. The maximum atomic E-state index is 6.01. The topological polar surface area (TPSA) is 72.5 Å². The third-order valence-electron chi connectivity index (χ3n) is 3.43. The molecule has 3 aromatic rings. The second kappa shape index (κ2) is 4.67. The van der Waals surface area contributed by atoms with Crippen LogP contribution in [0.25, 0.3) is 16.7 Å². The number of aromatic amines is 1. The van der Waals surface area contributed by atoms with Gasteiger partial charge in [0.1, 0.15) is 5.82 Å². The van der Waals surface area contributed by atoms with Crippen LogP contribution in [0, 0.1) is 12.8 Å². The highest BCUT2D eigenvalue weighted by molar-refractivity contribution is 5.90. The number of anilines is 1. The number of hydrogen-bond donors (Lipinski definition) is 2. The van der Waals surface area contributed by atoms with Crippen molar-refractivity contribution >= 4 is 16.9 Å². The Hall–Kier alpha value is -2.30. The Balaban J connectivity index is 2.24. The monoisotopic (exact) mass is 269 g/mol. The Morgan fingerprint density at radius 2 is 2.05 bits per heavy atom. The molecule has 0 spiro atoms. The van der Waals surface area contributed by atoms with Gasteiger partial charge in [-0.05, 0) is 30.9 Å². The molecule has 3 N–H and O–H groups in total. The number of nitrogen functional groups attached to an aromatic ring is 1. The molecule has 0 fully saturated rings. The van der Waals surface area contributed by atoms with Gasteiger partial charge >= 0.3 is 0 Å². The summed E-state index contributed by atoms with van der Waals surface area (Å²) in [7, 11) is 0. The van der Waals surface area contributed by atoms with Crippen molar-refractivity contribution in [3.8, 4) is 5.69 Å². The zero-order valence-electron chi connectivity index (χ0n) is 12.0. The van der Waals surface area contributed by atoms with E-state index in [2.05, 4.69) is 37.0 Å². The van der Waals surface area contributed by atoms with Crippen LogP contribution in [0.1, 0.15) is 25.1 Å². The summed E-state index contributed by atoms with van der Waals surface area (Å²) in [6.45, 7) is 6.42. The number of hydrogen-bond acceptors (Lipinski definition) is 3. The summed E-state index contributed by atoms with van der Waals surface area (Å²) in [5, 5.41) is 12.9. The normalized spacial score (nSPS) is 11.6. The number of benzene rings is 1. The predicted octanol–water partition coefficient (Wildman–Crippen LogP) is 2.84. The van der Waals surface area contributed by atoms with Crippen LogP contribution in [-0.4, -0.2) is 20.0 Å². The molecule has 0 aliphatic heterocycles. The smallest absolute Gasteiger partial charge is 0.186 e. The molecule has 2 aromatic heterocycles. The molecule has 0 saturated heterocycles. The van der Waals surface area contributed by atoms with E-state index in [-0.39, 0.29) is 0 Å². The van der Waals surface area contributed by atoms with Crippen molar-refractivity contribution in [2.24, 2.45) is 5.92 Å². The molecule has 0 radical (unpaired) electrons. The standard InChI is InChI=1S/C15H19N5/c1-9(2)8-11-13-14(16)17-18-15(13)20(19-11)12-7-5-4-6-10(12)3/h4-7,9H,8H2,1-3H3,(H3,16,17,18). The number of aromatic nitrogens is 4. The lowest BCUT2D eigenvalue weighted by atomic mass is 10.1. The minimum Gasteiger partial charge on any atom is -0.383 e. The number of nitrogens with two attached hydrogens (primary N) is 1. The Bertz CT molecular complexity index is 751. The van der Waals surface area contributed by atoms with Gasteiger partial charge in [-0.2, -0.15) is 10.2 Å². The molecule has 0 aliphatic carbocycles. The molecule has 3 rings (SSSR count). The first-order chi connectivity index (χ1) is 9.58. The summed E-state index contributed by atoms with van der Waals surface area (Å²) in [6, 6.07) is 8.15. The average molecular weight is 269 g/mol. The molecular weight excluding hydrogens is 250 g/mol. The Labute approximate surface area is 117 Å². The van der Waals surface area contributed by atoms with Gasteiger partial charge in [0.05, 0.1) is 16.8 Å². The molecule has 0 atom stereocenters. The van der Waals surface area contributed by atoms with E-state index in [4.69, 9.17) is 10.8 Å². The van der Waals surface area contributed by atoms with E-state index in [0.717, 1.165) is 34.4 Å². The molecule has 0 saturated carbocycles. The van der Waals surface area contributed by atoms with Crippen LogP contribution >= 0.6 is 0 Å². The van der Waals surface area contributed by atoms with E-state index in [9.17, 15) is 0 Å². The summed E-state index contributed by atoms with van der Waals surface area (Å²) < 4.78 is 1.88. The summed E-state index contributed by atoms with van der Waals surface area (Å²) in [4.78, 5) is 0. The molecule has 0 bridgehead atoms. The Kier molecular flexibility index (Phi) is 2.97. The summed E-state index contributed by atoms with van der Waals surface area (Å²) in [5.41, 5.74) is 10.0. The predicted molar refractivity (Wildman–Crippen MR) is 80.9 cm³/mol. The number of para-hydroxylation sites is 1. The molecule has 104 valence electrons. The van der Waals surface area contributed by atoms with Gasteiger partial charge in [0.15, 0.2) is 5.65 Å². The van der Waals surface area contributed by atoms with Crippen molar-refractivity contribution in [3.05, 3.63) is 35.5 Å². The van der Waals surface area contributed by atoms with Gasteiger partial charge < -0.3 is 5.73 Å². The molecule has 0 amide bonds. The van der Waals surface area contributed by atoms with Gasteiger partial charge in [0.25, 0.3) is 0 Å². The van der Waals surface area contributed by atoms with E-state index in [0.29, 0.717) is 11.7 Å². The fourth-order valence-electron chi connectivity index (χ4n) is 2.50. The first kappa shape index (κ1) is 12.7. The van der Waals surface area contributed by atoms with Gasteiger partial charge in [-0.3, -0.25) is 5.10 Å². The maximum absolute atomic E-state index is 6.01. The summed E-state index contributed by atoms with van der Waals surface area (Å²) in [5.74, 6) is 1.11. The van der Waals surface area contributed by atoms with Crippen LogP contribution < -0.4 is 5.73 Å². The van der Waals surface area contributed by atoms with E-state index < -0.39 is 0 Å². The maximum Gasteiger partial charge on any atom is 0.186 e. The van der Waals surface area contributed by atoms with Crippen LogP contribution in [0.15, 0.2) is 24.3 Å². The van der Waals surface area contributed by atoms with Crippen molar-refractivity contribution in [2.45, 2.75) is 27.2 Å². The zero-order valence-corrected chi connectivity index (χ0v) is 12.0. The first-order valence-corrected chi connectivity index (χ1v) is 6.85. The van der Waals surface area contributed by atoms with E-state index in [1.807, 2.05) is 22.9 Å². The fraction of sp³-hybridized carbons (Fsp3) is 0.333. The van der Waals surface area contributed by atoms with Crippen molar-refractivity contribution in [1.82, 2.24) is 20.0 Å². The first-order valence-electron chi connectivity index (χ1n) is 6.85. The van der Waals surface area contributed by atoms with E-state index >= 15 is 0 Å². The molecule has 20 heavy (non-hydrogen) atoms. The lowest BCUT2D eigenvalue weighted by Crippen LogP contribution is -2.02. The summed E-state index contributed by atoms with van der Waals surface area (Å²) >= 11 is 0. The highest BCUT2D eigenvalue weighted by Gasteiger charge is 2.18. The number of nitrogens with zero attached hydrogens (tertiary/aromatic N) is 3. The zero-order chi connectivity index (χ0) is 14.3. The van der Waals surface area contributed by atoms with Crippen LogP contribution in [0.2, 0.25) is 0 Å². The highest BCUT2D eigenvalue weighted by atomic mass is 15.4.